The van der Waals surface area contributed by atoms with E-state index in [0.717, 1.165) is 12.8 Å². The molecule has 5 nitrogen and oxygen atoms in total. The van der Waals surface area contributed by atoms with Crippen molar-refractivity contribution in [1.29, 1.82) is 4.78 Å². The van der Waals surface area contributed by atoms with Gasteiger partial charge in [-0.05, 0) is 38.2 Å². The third-order valence-corrected chi connectivity index (χ3v) is 3.69. The van der Waals surface area contributed by atoms with Crippen molar-refractivity contribution < 1.29 is 9.53 Å². The van der Waals surface area contributed by atoms with Gasteiger partial charge in [0.2, 0.25) is 0 Å². The Morgan fingerprint density at radius 3 is 3.00 bits per heavy atom. The van der Waals surface area contributed by atoms with Crippen LogP contribution in [0.15, 0.2) is 23.4 Å². The van der Waals surface area contributed by atoms with Crippen LogP contribution in [0, 0.1) is 4.78 Å². The van der Waals surface area contributed by atoms with Gasteiger partial charge in [0, 0.05) is 11.9 Å². The zero-order valence-corrected chi connectivity index (χ0v) is 11.3. The molecular weight excluding hydrogens is 250 g/mol. The first-order valence-corrected chi connectivity index (χ1v) is 7.49. The first kappa shape index (κ1) is 13.2. The highest BCUT2D eigenvalue weighted by Gasteiger charge is 2.28. The fraction of sp³-hybridized carbons (Fsp3) is 0.500. The van der Waals surface area contributed by atoms with Crippen LogP contribution in [0.4, 0.5) is 5.69 Å². The molecule has 6 heteroatoms. The highest BCUT2D eigenvalue weighted by Crippen LogP contribution is 2.20. The van der Waals surface area contributed by atoms with E-state index in [1.54, 1.807) is 24.6 Å². The number of carbonyl (C=O) groups is 1. The van der Waals surface area contributed by atoms with E-state index >= 15 is 0 Å². The maximum absolute atomic E-state index is 11.9. The number of anilines is 1. The summed E-state index contributed by atoms with van der Waals surface area (Å²) in [6.07, 6.45) is 4.87. The molecule has 1 fully saturated rings. The van der Waals surface area contributed by atoms with Crippen LogP contribution < -0.4 is 5.32 Å². The molecule has 2 N–H and O–H groups in total. The molecule has 98 valence electrons. The van der Waals surface area contributed by atoms with Crippen LogP contribution in [-0.2, 0) is 20.2 Å². The Kier molecular flexibility index (Phi) is 4.08. The van der Waals surface area contributed by atoms with E-state index in [0.29, 0.717) is 10.7 Å². The Labute approximate surface area is 109 Å². The molecule has 2 rings (SSSR count). The Morgan fingerprint density at radius 1 is 1.61 bits per heavy atom. The number of rotatable bonds is 3. The smallest absolute Gasteiger partial charge is 0.253 e. The van der Waals surface area contributed by atoms with Gasteiger partial charge in [-0.25, -0.2) is 4.98 Å². The van der Waals surface area contributed by atoms with E-state index in [9.17, 15) is 4.79 Å². The van der Waals surface area contributed by atoms with Crippen molar-refractivity contribution in [1.82, 2.24) is 4.98 Å². The van der Waals surface area contributed by atoms with Crippen molar-refractivity contribution in [2.45, 2.75) is 37.0 Å². The molecule has 0 aromatic carbocycles. The molecule has 1 aliphatic rings. The maximum atomic E-state index is 11.9. The quantitative estimate of drug-likeness (QED) is 0.879. The van der Waals surface area contributed by atoms with E-state index in [-0.39, 0.29) is 18.1 Å². The minimum atomic E-state index is -0.655. The second-order valence-electron chi connectivity index (χ2n) is 4.40. The van der Waals surface area contributed by atoms with Gasteiger partial charge in [0.25, 0.3) is 5.91 Å². The molecule has 1 aliphatic heterocycles. The zero-order valence-electron chi connectivity index (χ0n) is 10.5. The van der Waals surface area contributed by atoms with Gasteiger partial charge in [-0.15, -0.1) is 0 Å². The average molecular weight is 267 g/mol. The van der Waals surface area contributed by atoms with E-state index in [4.69, 9.17) is 9.52 Å². The molecular formula is C12H17N3O2S. The predicted molar refractivity (Wildman–Crippen MR) is 70.7 cm³/mol. The Bertz CT molecular complexity index is 478. The third kappa shape index (κ3) is 3.14. The highest BCUT2D eigenvalue weighted by molar-refractivity contribution is 7.85. The largest absolute Gasteiger partial charge is 0.365 e. The number of nitrogens with zero attached hydrogens (tertiary/aromatic N) is 1. The van der Waals surface area contributed by atoms with Crippen molar-refractivity contribution in [3.05, 3.63) is 18.3 Å². The van der Waals surface area contributed by atoms with Crippen molar-refractivity contribution in [2.24, 2.45) is 0 Å². The summed E-state index contributed by atoms with van der Waals surface area (Å²) in [6.45, 7) is 1.97. The van der Waals surface area contributed by atoms with Gasteiger partial charge in [0.15, 0.2) is 0 Å². The number of nitrogens with one attached hydrogen (secondary N) is 2. The Morgan fingerprint density at radius 2 is 2.39 bits per heavy atom. The summed E-state index contributed by atoms with van der Waals surface area (Å²) in [5.41, 5.74) is 0.680. The Hall–Kier alpha value is -1.27. The van der Waals surface area contributed by atoms with Gasteiger partial charge >= 0.3 is 0 Å². The number of hydrogen-bond donors (Lipinski definition) is 2. The second kappa shape index (κ2) is 5.58. The first-order chi connectivity index (χ1) is 8.56. The van der Waals surface area contributed by atoms with Gasteiger partial charge in [-0.2, -0.15) is 0 Å². The van der Waals surface area contributed by atoms with Crippen LogP contribution in [-0.4, -0.2) is 29.4 Å². The molecule has 1 amide bonds. The molecule has 2 heterocycles. The van der Waals surface area contributed by atoms with Gasteiger partial charge in [-0.1, -0.05) is 10.7 Å². The topological polar surface area (TPSA) is 75.1 Å². The summed E-state index contributed by atoms with van der Waals surface area (Å²) in [4.78, 5) is 16.0. The zero-order chi connectivity index (χ0) is 13.1. The van der Waals surface area contributed by atoms with Crippen molar-refractivity contribution >= 4 is 22.3 Å². The molecule has 1 unspecified atom stereocenters. The third-order valence-electron chi connectivity index (χ3n) is 2.84. The van der Waals surface area contributed by atoms with Gasteiger partial charge in [-0.3, -0.25) is 9.57 Å². The molecule has 0 radical (unpaired) electrons. The van der Waals surface area contributed by atoms with Crippen LogP contribution in [0.5, 0.6) is 0 Å². The summed E-state index contributed by atoms with van der Waals surface area (Å²) in [5.74, 6) is -0.113. The molecule has 1 aromatic rings. The molecule has 18 heavy (non-hydrogen) atoms. The minimum Gasteiger partial charge on any atom is -0.365 e. The van der Waals surface area contributed by atoms with Gasteiger partial charge in [0.1, 0.15) is 11.1 Å². The van der Waals surface area contributed by atoms with Crippen molar-refractivity contribution in [2.75, 3.05) is 11.6 Å². The minimum absolute atomic E-state index is 0.113. The number of ether oxygens (including phenoxy) is 1. The summed E-state index contributed by atoms with van der Waals surface area (Å²) >= 11 is 0. The number of amides is 1. The Balaban J connectivity index is 2.03. The van der Waals surface area contributed by atoms with Crippen LogP contribution in [0.1, 0.15) is 19.8 Å². The van der Waals surface area contributed by atoms with E-state index < -0.39 is 10.7 Å². The normalized spacial score (nSPS) is 24.8. The fourth-order valence-electron chi connectivity index (χ4n) is 1.87. The lowest BCUT2D eigenvalue weighted by Crippen LogP contribution is -2.27. The van der Waals surface area contributed by atoms with Crippen molar-refractivity contribution in [3.63, 3.8) is 0 Å². The summed E-state index contributed by atoms with van der Waals surface area (Å²) < 4.78 is 13.1. The summed E-state index contributed by atoms with van der Waals surface area (Å²) in [6, 6.07) is 3.47. The van der Waals surface area contributed by atoms with Gasteiger partial charge < -0.3 is 10.1 Å². The summed E-state index contributed by atoms with van der Waals surface area (Å²) in [5, 5.41) is 3.49. The van der Waals surface area contributed by atoms with Crippen LogP contribution in [0.3, 0.4) is 0 Å². The standard InChI is InChI=1S/C12H17N3O2S/c1-8-3-4-10(17-8)12(16)15-9-5-6-14-11(7-9)18(2)13/h5-8,10,13H,3-4H2,1-2H3,(H,14,15,16)/t8-,10-,18?/m1/s1. The number of carbonyl (C=O) groups excluding carboxylic acids is 1. The van der Waals surface area contributed by atoms with E-state index in [1.807, 2.05) is 6.92 Å². The molecule has 0 spiro atoms. The van der Waals surface area contributed by atoms with E-state index in [2.05, 4.69) is 10.3 Å². The van der Waals surface area contributed by atoms with Crippen LogP contribution >= 0.6 is 0 Å². The molecule has 1 saturated heterocycles. The van der Waals surface area contributed by atoms with Gasteiger partial charge in [0.05, 0.1) is 6.10 Å². The highest BCUT2D eigenvalue weighted by atomic mass is 32.2. The fourth-order valence-corrected chi connectivity index (χ4v) is 2.40. The molecule has 0 saturated carbocycles. The van der Waals surface area contributed by atoms with Crippen LogP contribution in [0.25, 0.3) is 0 Å². The molecule has 1 aromatic heterocycles. The summed E-state index contributed by atoms with van der Waals surface area (Å²) in [7, 11) is -0.655. The number of pyridine rings is 1. The van der Waals surface area contributed by atoms with Crippen LogP contribution in [0.2, 0.25) is 0 Å². The SMILES string of the molecule is C[C@@H]1CC[C@H](C(=O)Nc2ccnc(S(C)=N)c2)O1. The lowest BCUT2D eigenvalue weighted by atomic mass is 10.2. The first-order valence-electron chi connectivity index (χ1n) is 5.86. The van der Waals surface area contributed by atoms with Crippen molar-refractivity contribution in [3.8, 4) is 0 Å². The monoisotopic (exact) mass is 267 g/mol. The molecule has 0 bridgehead atoms. The predicted octanol–water partition coefficient (Wildman–Crippen LogP) is 1.96. The maximum Gasteiger partial charge on any atom is 0.253 e. The molecule has 3 atom stereocenters. The molecule has 0 aliphatic carbocycles. The average Bonchev–Trinajstić information content (AvgIpc) is 2.76. The van der Waals surface area contributed by atoms with E-state index in [1.165, 1.54) is 0 Å². The lowest BCUT2D eigenvalue weighted by molar-refractivity contribution is -0.126. The lowest BCUT2D eigenvalue weighted by Gasteiger charge is -2.12. The number of hydrogen-bond acceptors (Lipinski definition) is 4. The number of aromatic nitrogens is 1. The second-order valence-corrected chi connectivity index (χ2v) is 5.83.